The van der Waals surface area contributed by atoms with Gasteiger partial charge in [0.05, 0.1) is 11.2 Å². The van der Waals surface area contributed by atoms with Crippen LogP contribution < -0.4 is 5.73 Å². The van der Waals surface area contributed by atoms with E-state index in [0.29, 0.717) is 5.69 Å². The Balaban J connectivity index is 2.09. The van der Waals surface area contributed by atoms with Crippen LogP contribution in [0.3, 0.4) is 0 Å². The number of hydrogen-bond acceptors (Lipinski definition) is 3. The molecule has 0 aliphatic carbocycles. The van der Waals surface area contributed by atoms with Crippen LogP contribution in [0.5, 0.6) is 0 Å². The maximum absolute atomic E-state index is 5.96. The van der Waals surface area contributed by atoms with Crippen LogP contribution in [0.4, 0.5) is 5.69 Å². The number of aromatic nitrogens is 1. The fourth-order valence-corrected chi connectivity index (χ4v) is 3.46. The lowest BCUT2D eigenvalue weighted by atomic mass is 10.2. The molecular weight excluding hydrogens is 320 g/mol. The highest BCUT2D eigenvalue weighted by molar-refractivity contribution is 9.10. The molecule has 2 aromatic carbocycles. The zero-order valence-corrected chi connectivity index (χ0v) is 12.4. The van der Waals surface area contributed by atoms with E-state index in [4.69, 9.17) is 5.73 Å². The van der Waals surface area contributed by atoms with Crippen molar-refractivity contribution in [3.05, 3.63) is 59.2 Å². The van der Waals surface area contributed by atoms with Crippen molar-refractivity contribution in [3.63, 3.8) is 0 Å². The Labute approximate surface area is 124 Å². The molecule has 0 spiro atoms. The third kappa shape index (κ3) is 2.60. The standard InChI is InChI=1S/C15H11BrN2S/c16-10-3-1-4-11(9-10)19-14-7-6-13(17)15-12(14)5-2-8-18-15/h1-9H,17H2. The summed E-state index contributed by atoms with van der Waals surface area (Å²) in [5, 5.41) is 1.09. The first kappa shape index (κ1) is 12.5. The Bertz CT molecular complexity index is 743. The van der Waals surface area contributed by atoms with Crippen molar-refractivity contribution in [1.29, 1.82) is 0 Å². The van der Waals surface area contributed by atoms with E-state index in [1.54, 1.807) is 18.0 Å². The SMILES string of the molecule is Nc1ccc(Sc2cccc(Br)c2)c2cccnc12. The smallest absolute Gasteiger partial charge is 0.0942 e. The van der Waals surface area contributed by atoms with Gasteiger partial charge in [-0.3, -0.25) is 4.98 Å². The van der Waals surface area contributed by atoms with Crippen LogP contribution in [0, 0.1) is 0 Å². The third-order valence-corrected chi connectivity index (χ3v) is 4.34. The summed E-state index contributed by atoms with van der Waals surface area (Å²) >= 11 is 5.21. The summed E-state index contributed by atoms with van der Waals surface area (Å²) in [5.74, 6) is 0. The molecule has 1 heterocycles. The van der Waals surface area contributed by atoms with Crippen molar-refractivity contribution in [2.75, 3.05) is 5.73 Å². The van der Waals surface area contributed by atoms with Gasteiger partial charge in [0.25, 0.3) is 0 Å². The van der Waals surface area contributed by atoms with Crippen molar-refractivity contribution in [2.45, 2.75) is 9.79 Å². The molecule has 0 saturated heterocycles. The van der Waals surface area contributed by atoms with Crippen LogP contribution in [0.25, 0.3) is 10.9 Å². The van der Waals surface area contributed by atoms with E-state index in [2.05, 4.69) is 39.1 Å². The highest BCUT2D eigenvalue weighted by Gasteiger charge is 2.06. The molecule has 3 rings (SSSR count). The lowest BCUT2D eigenvalue weighted by Gasteiger charge is -2.08. The van der Waals surface area contributed by atoms with Crippen LogP contribution >= 0.6 is 27.7 Å². The van der Waals surface area contributed by atoms with Gasteiger partial charge in [-0.2, -0.15) is 0 Å². The minimum absolute atomic E-state index is 0.717. The molecule has 0 unspecified atom stereocenters. The number of rotatable bonds is 2. The fourth-order valence-electron chi connectivity index (χ4n) is 1.91. The molecule has 3 aromatic rings. The first-order chi connectivity index (χ1) is 9.24. The van der Waals surface area contributed by atoms with E-state index >= 15 is 0 Å². The Morgan fingerprint density at radius 1 is 1.05 bits per heavy atom. The number of nitrogen functional groups attached to an aromatic ring is 1. The van der Waals surface area contributed by atoms with E-state index in [1.807, 2.05) is 30.3 Å². The zero-order valence-electron chi connectivity index (χ0n) is 10.0. The van der Waals surface area contributed by atoms with Gasteiger partial charge >= 0.3 is 0 Å². The third-order valence-electron chi connectivity index (χ3n) is 2.78. The number of fused-ring (bicyclic) bond motifs is 1. The first-order valence-electron chi connectivity index (χ1n) is 5.81. The normalized spacial score (nSPS) is 10.8. The number of nitrogens with two attached hydrogens (primary N) is 1. The second-order valence-electron chi connectivity index (χ2n) is 4.11. The molecule has 0 bridgehead atoms. The maximum atomic E-state index is 5.96. The second kappa shape index (κ2) is 5.23. The number of pyridine rings is 1. The maximum Gasteiger partial charge on any atom is 0.0942 e. The summed E-state index contributed by atoms with van der Waals surface area (Å²) in [6, 6.07) is 16.2. The lowest BCUT2D eigenvalue weighted by Crippen LogP contribution is -1.90. The van der Waals surface area contributed by atoms with Crippen molar-refractivity contribution >= 4 is 44.3 Å². The number of benzene rings is 2. The average Bonchev–Trinajstić information content (AvgIpc) is 2.42. The van der Waals surface area contributed by atoms with Crippen molar-refractivity contribution in [2.24, 2.45) is 0 Å². The number of halogens is 1. The first-order valence-corrected chi connectivity index (χ1v) is 7.41. The van der Waals surface area contributed by atoms with E-state index in [0.717, 1.165) is 20.3 Å². The second-order valence-corrected chi connectivity index (χ2v) is 6.14. The molecule has 0 fully saturated rings. The molecule has 0 aliphatic heterocycles. The van der Waals surface area contributed by atoms with E-state index in [-0.39, 0.29) is 0 Å². The molecule has 0 amide bonds. The average molecular weight is 331 g/mol. The highest BCUT2D eigenvalue weighted by atomic mass is 79.9. The van der Waals surface area contributed by atoms with Gasteiger partial charge in [0.2, 0.25) is 0 Å². The zero-order chi connectivity index (χ0) is 13.2. The van der Waals surface area contributed by atoms with Gasteiger partial charge in [-0.25, -0.2) is 0 Å². The fraction of sp³-hybridized carbons (Fsp3) is 0. The Morgan fingerprint density at radius 2 is 1.95 bits per heavy atom. The summed E-state index contributed by atoms with van der Waals surface area (Å²) in [5.41, 5.74) is 7.54. The largest absolute Gasteiger partial charge is 0.397 e. The number of hydrogen-bond donors (Lipinski definition) is 1. The topological polar surface area (TPSA) is 38.9 Å². The van der Waals surface area contributed by atoms with Crippen LogP contribution in [0.2, 0.25) is 0 Å². The predicted octanol–water partition coefficient (Wildman–Crippen LogP) is 4.73. The molecule has 4 heteroatoms. The summed E-state index contributed by atoms with van der Waals surface area (Å²) in [7, 11) is 0. The van der Waals surface area contributed by atoms with Crippen LogP contribution in [0.1, 0.15) is 0 Å². The van der Waals surface area contributed by atoms with Gasteiger partial charge in [-0.05, 0) is 36.4 Å². The van der Waals surface area contributed by atoms with Gasteiger partial charge in [-0.15, -0.1) is 0 Å². The van der Waals surface area contributed by atoms with Gasteiger partial charge in [0.15, 0.2) is 0 Å². The summed E-state index contributed by atoms with van der Waals surface area (Å²) in [4.78, 5) is 6.70. The van der Waals surface area contributed by atoms with Crippen molar-refractivity contribution in [3.8, 4) is 0 Å². The quantitative estimate of drug-likeness (QED) is 0.690. The molecule has 0 saturated carbocycles. The van der Waals surface area contributed by atoms with Crippen LogP contribution in [-0.4, -0.2) is 4.98 Å². The molecule has 0 aliphatic rings. The van der Waals surface area contributed by atoms with Crippen LogP contribution in [-0.2, 0) is 0 Å². The molecule has 94 valence electrons. The highest BCUT2D eigenvalue weighted by Crippen LogP contribution is 2.35. The van der Waals surface area contributed by atoms with Gasteiger partial charge in [0, 0.05) is 25.8 Å². The number of anilines is 1. The van der Waals surface area contributed by atoms with E-state index < -0.39 is 0 Å². The van der Waals surface area contributed by atoms with Gasteiger partial charge in [-0.1, -0.05) is 39.8 Å². The number of nitrogens with zero attached hydrogens (tertiary/aromatic N) is 1. The lowest BCUT2D eigenvalue weighted by molar-refractivity contribution is 1.37. The summed E-state index contributed by atoms with van der Waals surface area (Å²) < 4.78 is 1.08. The van der Waals surface area contributed by atoms with Crippen molar-refractivity contribution < 1.29 is 0 Å². The Morgan fingerprint density at radius 3 is 2.79 bits per heavy atom. The molecule has 2 N–H and O–H groups in total. The van der Waals surface area contributed by atoms with Crippen molar-refractivity contribution in [1.82, 2.24) is 4.98 Å². The monoisotopic (exact) mass is 330 g/mol. The molecule has 0 radical (unpaired) electrons. The minimum atomic E-state index is 0.717. The molecular formula is C15H11BrN2S. The van der Waals surface area contributed by atoms with E-state index in [9.17, 15) is 0 Å². The summed E-state index contributed by atoms with van der Waals surface area (Å²) in [6.45, 7) is 0. The molecule has 2 nitrogen and oxygen atoms in total. The van der Waals surface area contributed by atoms with E-state index in [1.165, 1.54) is 4.90 Å². The molecule has 0 atom stereocenters. The Hall–Kier alpha value is -1.52. The molecule has 19 heavy (non-hydrogen) atoms. The summed E-state index contributed by atoms with van der Waals surface area (Å²) in [6.07, 6.45) is 1.77. The van der Waals surface area contributed by atoms with Crippen LogP contribution in [0.15, 0.2) is 69.0 Å². The predicted molar refractivity (Wildman–Crippen MR) is 84.4 cm³/mol. The molecule has 1 aromatic heterocycles. The van der Waals surface area contributed by atoms with Gasteiger partial charge in [0.1, 0.15) is 0 Å². The minimum Gasteiger partial charge on any atom is -0.397 e. The van der Waals surface area contributed by atoms with Gasteiger partial charge < -0.3 is 5.73 Å². The Kier molecular flexibility index (Phi) is 3.44.